The van der Waals surface area contributed by atoms with E-state index in [1.165, 1.54) is 32.4 Å². The number of amides is 1. The van der Waals surface area contributed by atoms with Gasteiger partial charge in [-0.3, -0.25) is 9.59 Å². The molecule has 152 valence electrons. The molecule has 1 N–H and O–H groups in total. The first kappa shape index (κ1) is 20.4. The summed E-state index contributed by atoms with van der Waals surface area (Å²) >= 11 is 0. The van der Waals surface area contributed by atoms with Crippen LogP contribution in [0.3, 0.4) is 0 Å². The minimum atomic E-state index is -4.58. The first-order valence-electron chi connectivity index (χ1n) is 8.44. The number of methoxy groups -OCH3 is 1. The molecule has 1 amide bonds. The molecule has 9 heteroatoms. The van der Waals surface area contributed by atoms with Gasteiger partial charge in [-0.25, -0.2) is 4.39 Å². The van der Waals surface area contributed by atoms with Crippen molar-refractivity contribution in [3.8, 4) is 5.75 Å². The fourth-order valence-electron chi connectivity index (χ4n) is 3.02. The number of benzene rings is 2. The zero-order chi connectivity index (χ0) is 21.3. The van der Waals surface area contributed by atoms with Crippen LogP contribution in [0.1, 0.15) is 21.5 Å². The Bertz CT molecular complexity index is 1150. The summed E-state index contributed by atoms with van der Waals surface area (Å²) in [6.07, 6.45) is -4.58. The van der Waals surface area contributed by atoms with Crippen molar-refractivity contribution < 1.29 is 27.1 Å². The fraction of sp³-hybridized carbons (Fsp3) is 0.200. The Kier molecular flexibility index (Phi) is 5.32. The number of aryl methyl sites for hydroxylation is 1. The van der Waals surface area contributed by atoms with E-state index in [-0.39, 0.29) is 28.8 Å². The lowest BCUT2D eigenvalue weighted by molar-refractivity contribution is -0.137. The number of rotatable bonds is 4. The predicted molar refractivity (Wildman–Crippen MR) is 98.3 cm³/mol. The lowest BCUT2D eigenvalue weighted by Crippen LogP contribution is -2.33. The molecule has 0 saturated carbocycles. The topological polar surface area (TPSA) is 60.3 Å². The number of nitrogens with zero attached hydrogens (tertiary/aromatic N) is 1. The second kappa shape index (κ2) is 7.57. The third-order valence-corrected chi connectivity index (χ3v) is 4.45. The molecule has 3 rings (SSSR count). The number of halogens is 4. The summed E-state index contributed by atoms with van der Waals surface area (Å²) in [6.45, 7) is -0.0477. The van der Waals surface area contributed by atoms with Gasteiger partial charge in [0.15, 0.2) is 0 Å². The molecule has 0 bridgehead atoms. The molecule has 2 aromatic carbocycles. The number of fused-ring (bicyclic) bond motifs is 1. The Morgan fingerprint density at radius 3 is 2.52 bits per heavy atom. The van der Waals surface area contributed by atoms with Gasteiger partial charge in [0, 0.05) is 19.0 Å². The lowest BCUT2D eigenvalue weighted by atomic mass is 10.1. The van der Waals surface area contributed by atoms with Gasteiger partial charge in [0.2, 0.25) is 0 Å². The van der Waals surface area contributed by atoms with Gasteiger partial charge in [-0.2, -0.15) is 13.2 Å². The van der Waals surface area contributed by atoms with Crippen molar-refractivity contribution in [2.45, 2.75) is 12.7 Å². The van der Waals surface area contributed by atoms with E-state index in [0.29, 0.717) is 5.56 Å². The molecular weight excluding hydrogens is 392 g/mol. The third kappa shape index (κ3) is 3.94. The SMILES string of the molecule is COc1c(C(=O)NCc2cccc(F)c2)c(=O)n(C)c2cc(C(F)(F)F)ccc12. The number of ether oxygens (including phenoxy) is 1. The van der Waals surface area contributed by atoms with Crippen LogP contribution in [0, 0.1) is 5.82 Å². The summed E-state index contributed by atoms with van der Waals surface area (Å²) in [5.41, 5.74) is -1.64. The molecule has 1 heterocycles. The summed E-state index contributed by atoms with van der Waals surface area (Å²) < 4.78 is 58.5. The van der Waals surface area contributed by atoms with Gasteiger partial charge in [0.1, 0.15) is 17.1 Å². The molecule has 0 aliphatic rings. The highest BCUT2D eigenvalue weighted by Crippen LogP contribution is 2.34. The van der Waals surface area contributed by atoms with Crippen molar-refractivity contribution in [1.29, 1.82) is 0 Å². The number of pyridine rings is 1. The Labute approximate surface area is 162 Å². The number of hydrogen-bond donors (Lipinski definition) is 1. The molecule has 0 spiro atoms. The molecule has 1 aromatic heterocycles. The minimum absolute atomic E-state index is 0.0247. The van der Waals surface area contributed by atoms with Crippen LogP contribution in [0.4, 0.5) is 17.6 Å². The van der Waals surface area contributed by atoms with E-state index in [0.717, 1.165) is 22.8 Å². The van der Waals surface area contributed by atoms with Crippen molar-refractivity contribution in [3.63, 3.8) is 0 Å². The Morgan fingerprint density at radius 2 is 1.90 bits per heavy atom. The molecular formula is C20H16F4N2O3. The number of aromatic nitrogens is 1. The van der Waals surface area contributed by atoms with Crippen LogP contribution in [0.15, 0.2) is 47.3 Å². The highest BCUT2D eigenvalue weighted by molar-refractivity contribution is 6.02. The van der Waals surface area contributed by atoms with E-state index in [1.54, 1.807) is 6.07 Å². The summed E-state index contributed by atoms with van der Waals surface area (Å²) in [5, 5.41) is 2.69. The summed E-state index contributed by atoms with van der Waals surface area (Å²) in [7, 11) is 2.49. The Balaban J connectivity index is 2.06. The molecule has 29 heavy (non-hydrogen) atoms. The van der Waals surface area contributed by atoms with Crippen LogP contribution in [-0.4, -0.2) is 17.6 Å². The molecule has 3 aromatic rings. The number of carbonyl (C=O) groups is 1. The van der Waals surface area contributed by atoms with Gasteiger partial charge in [-0.15, -0.1) is 0 Å². The maximum Gasteiger partial charge on any atom is 0.416 e. The number of nitrogens with one attached hydrogen (secondary N) is 1. The normalized spacial score (nSPS) is 11.5. The molecule has 0 radical (unpaired) electrons. The van der Waals surface area contributed by atoms with Crippen LogP contribution < -0.4 is 15.6 Å². The van der Waals surface area contributed by atoms with Gasteiger partial charge in [0.25, 0.3) is 11.5 Å². The predicted octanol–water partition coefficient (Wildman–Crippen LogP) is 3.64. The third-order valence-electron chi connectivity index (χ3n) is 4.45. The van der Waals surface area contributed by atoms with E-state index < -0.39 is 29.0 Å². The smallest absolute Gasteiger partial charge is 0.416 e. The van der Waals surface area contributed by atoms with E-state index >= 15 is 0 Å². The highest BCUT2D eigenvalue weighted by Gasteiger charge is 2.32. The van der Waals surface area contributed by atoms with Crippen LogP contribution in [0.2, 0.25) is 0 Å². The van der Waals surface area contributed by atoms with Crippen LogP contribution in [0.5, 0.6) is 5.75 Å². The van der Waals surface area contributed by atoms with Crippen molar-refractivity contribution in [2.24, 2.45) is 7.05 Å². The summed E-state index contributed by atoms with van der Waals surface area (Å²) in [5.74, 6) is -1.39. The maximum absolute atomic E-state index is 13.3. The van der Waals surface area contributed by atoms with Gasteiger partial charge < -0.3 is 14.6 Å². The van der Waals surface area contributed by atoms with Crippen molar-refractivity contribution in [3.05, 3.63) is 75.3 Å². The number of hydrogen-bond acceptors (Lipinski definition) is 3. The average molecular weight is 408 g/mol. The highest BCUT2D eigenvalue weighted by atomic mass is 19.4. The van der Waals surface area contributed by atoms with Crippen molar-refractivity contribution in [1.82, 2.24) is 9.88 Å². The first-order chi connectivity index (χ1) is 13.6. The average Bonchev–Trinajstić information content (AvgIpc) is 2.67. The molecule has 0 atom stereocenters. The van der Waals surface area contributed by atoms with Crippen molar-refractivity contribution in [2.75, 3.05) is 7.11 Å². The van der Waals surface area contributed by atoms with Crippen molar-refractivity contribution >= 4 is 16.8 Å². The summed E-state index contributed by atoms with van der Waals surface area (Å²) in [6, 6.07) is 8.39. The van der Waals surface area contributed by atoms with E-state index in [4.69, 9.17) is 4.74 Å². The molecule has 0 fully saturated rings. The first-order valence-corrected chi connectivity index (χ1v) is 8.44. The largest absolute Gasteiger partial charge is 0.495 e. The standard InChI is InChI=1S/C20H16F4N2O3/c1-26-15-9-12(20(22,23)24)6-7-14(15)17(29-2)16(19(26)28)18(27)25-10-11-4-3-5-13(21)8-11/h3-9H,10H2,1-2H3,(H,25,27). The van der Waals surface area contributed by atoms with Crippen LogP contribution >= 0.6 is 0 Å². The van der Waals surface area contributed by atoms with E-state index in [9.17, 15) is 27.2 Å². The molecule has 0 aliphatic heterocycles. The number of alkyl halides is 3. The molecule has 0 aliphatic carbocycles. The Morgan fingerprint density at radius 1 is 1.17 bits per heavy atom. The zero-order valence-electron chi connectivity index (χ0n) is 15.4. The Hall–Kier alpha value is -3.36. The molecule has 0 unspecified atom stereocenters. The van der Waals surface area contributed by atoms with Gasteiger partial charge in [0.05, 0.1) is 18.2 Å². The summed E-state index contributed by atoms with van der Waals surface area (Å²) in [4.78, 5) is 25.4. The molecule has 0 saturated heterocycles. The zero-order valence-corrected chi connectivity index (χ0v) is 15.4. The van der Waals surface area contributed by atoms with E-state index in [1.807, 2.05) is 0 Å². The van der Waals surface area contributed by atoms with Gasteiger partial charge in [-0.1, -0.05) is 12.1 Å². The number of carbonyl (C=O) groups excluding carboxylic acids is 1. The van der Waals surface area contributed by atoms with Crippen LogP contribution in [0.25, 0.3) is 10.9 Å². The fourth-order valence-corrected chi connectivity index (χ4v) is 3.02. The monoisotopic (exact) mass is 408 g/mol. The quantitative estimate of drug-likeness (QED) is 0.671. The minimum Gasteiger partial charge on any atom is -0.495 e. The van der Waals surface area contributed by atoms with Gasteiger partial charge in [-0.05, 0) is 35.9 Å². The second-order valence-corrected chi connectivity index (χ2v) is 6.31. The lowest BCUT2D eigenvalue weighted by Gasteiger charge is -2.16. The second-order valence-electron chi connectivity index (χ2n) is 6.31. The van der Waals surface area contributed by atoms with E-state index in [2.05, 4.69) is 5.32 Å². The van der Waals surface area contributed by atoms with Crippen LogP contribution in [-0.2, 0) is 19.8 Å². The molecule has 5 nitrogen and oxygen atoms in total. The van der Waals surface area contributed by atoms with Gasteiger partial charge >= 0.3 is 6.18 Å². The maximum atomic E-state index is 13.3.